The molecule has 1 aliphatic heterocycles. The lowest BCUT2D eigenvalue weighted by molar-refractivity contribution is 0.0628. The van der Waals surface area contributed by atoms with Crippen molar-refractivity contribution in [3.8, 4) is 5.75 Å². The van der Waals surface area contributed by atoms with Gasteiger partial charge in [-0.15, -0.1) is 12.4 Å². The lowest BCUT2D eigenvalue weighted by Gasteiger charge is -2.34. The van der Waals surface area contributed by atoms with Gasteiger partial charge in [-0.05, 0) is 48.9 Å². The van der Waals surface area contributed by atoms with Gasteiger partial charge < -0.3 is 9.64 Å². The van der Waals surface area contributed by atoms with E-state index in [2.05, 4.69) is 9.88 Å². The van der Waals surface area contributed by atoms with Crippen molar-refractivity contribution in [1.29, 1.82) is 0 Å². The smallest absolute Gasteiger partial charge is 0.253 e. The highest BCUT2D eigenvalue weighted by atomic mass is 35.5. The Kier molecular flexibility index (Phi) is 7.22. The van der Waals surface area contributed by atoms with Crippen LogP contribution in [0.25, 0.3) is 0 Å². The van der Waals surface area contributed by atoms with E-state index in [0.29, 0.717) is 6.61 Å². The molecule has 1 aliphatic rings. The van der Waals surface area contributed by atoms with E-state index in [0.717, 1.165) is 44.0 Å². The zero-order valence-electron chi connectivity index (χ0n) is 14.4. The molecule has 0 unspecified atom stereocenters. The summed E-state index contributed by atoms with van der Waals surface area (Å²) < 4.78 is 5.42. The Morgan fingerprint density at radius 3 is 2.28 bits per heavy atom. The maximum atomic E-state index is 12.6. The molecule has 1 fully saturated rings. The van der Waals surface area contributed by atoms with Crippen molar-refractivity contribution in [3.05, 3.63) is 59.9 Å². The second kappa shape index (κ2) is 9.39. The Bertz CT molecular complexity index is 656. The minimum Gasteiger partial charge on any atom is -0.494 e. The van der Waals surface area contributed by atoms with E-state index in [1.165, 1.54) is 5.56 Å². The fraction of sp³-hybridized carbons (Fsp3) is 0.368. The number of benzene rings is 1. The number of pyridine rings is 1. The third-order valence-corrected chi connectivity index (χ3v) is 4.23. The van der Waals surface area contributed by atoms with Crippen LogP contribution in [0.4, 0.5) is 0 Å². The largest absolute Gasteiger partial charge is 0.494 e. The highest BCUT2D eigenvalue weighted by Gasteiger charge is 2.22. The number of aromatic nitrogens is 1. The van der Waals surface area contributed by atoms with Crippen LogP contribution in [-0.2, 0) is 6.54 Å². The quantitative estimate of drug-likeness (QED) is 0.821. The van der Waals surface area contributed by atoms with Gasteiger partial charge in [-0.2, -0.15) is 0 Å². The first-order valence-corrected chi connectivity index (χ1v) is 8.39. The molecule has 0 bridgehead atoms. The maximum absolute atomic E-state index is 12.6. The van der Waals surface area contributed by atoms with Crippen LogP contribution in [0.15, 0.2) is 48.8 Å². The highest BCUT2D eigenvalue weighted by Crippen LogP contribution is 2.15. The van der Waals surface area contributed by atoms with Crippen molar-refractivity contribution >= 4 is 18.3 Å². The van der Waals surface area contributed by atoms with Gasteiger partial charge in [0.05, 0.1) is 6.61 Å². The summed E-state index contributed by atoms with van der Waals surface area (Å²) >= 11 is 0. The van der Waals surface area contributed by atoms with Crippen LogP contribution in [0.3, 0.4) is 0 Å². The van der Waals surface area contributed by atoms with Crippen LogP contribution in [-0.4, -0.2) is 53.5 Å². The topological polar surface area (TPSA) is 45.7 Å². The monoisotopic (exact) mass is 361 g/mol. The van der Waals surface area contributed by atoms with Crippen molar-refractivity contribution in [2.24, 2.45) is 0 Å². The lowest BCUT2D eigenvalue weighted by atomic mass is 10.1. The summed E-state index contributed by atoms with van der Waals surface area (Å²) in [5, 5.41) is 0. The summed E-state index contributed by atoms with van der Waals surface area (Å²) in [6, 6.07) is 11.5. The van der Waals surface area contributed by atoms with Gasteiger partial charge >= 0.3 is 0 Å². The van der Waals surface area contributed by atoms with Crippen LogP contribution in [0.2, 0.25) is 0 Å². The van der Waals surface area contributed by atoms with Crippen molar-refractivity contribution < 1.29 is 9.53 Å². The van der Waals surface area contributed by atoms with Gasteiger partial charge in [0.25, 0.3) is 5.91 Å². The summed E-state index contributed by atoms with van der Waals surface area (Å²) in [6.07, 6.45) is 3.64. The van der Waals surface area contributed by atoms with Crippen molar-refractivity contribution in [3.63, 3.8) is 0 Å². The fourth-order valence-corrected chi connectivity index (χ4v) is 2.90. The zero-order valence-corrected chi connectivity index (χ0v) is 15.2. The van der Waals surface area contributed by atoms with Gasteiger partial charge in [0, 0.05) is 50.7 Å². The number of amides is 1. The molecule has 0 saturated carbocycles. The first kappa shape index (κ1) is 19.2. The molecule has 2 aromatic rings. The predicted octanol–water partition coefficient (Wildman–Crippen LogP) is 2.86. The molecular formula is C19H24ClN3O2. The second-order valence-electron chi connectivity index (χ2n) is 5.88. The van der Waals surface area contributed by atoms with Gasteiger partial charge in [0.2, 0.25) is 0 Å². The molecule has 1 amide bonds. The van der Waals surface area contributed by atoms with Crippen molar-refractivity contribution in [1.82, 2.24) is 14.8 Å². The molecule has 6 heteroatoms. The number of ether oxygens (including phenoxy) is 1. The third-order valence-electron chi connectivity index (χ3n) is 4.23. The first-order valence-electron chi connectivity index (χ1n) is 8.39. The zero-order chi connectivity index (χ0) is 16.8. The predicted molar refractivity (Wildman–Crippen MR) is 100 cm³/mol. The van der Waals surface area contributed by atoms with Crippen LogP contribution in [0.1, 0.15) is 22.8 Å². The number of carbonyl (C=O) groups is 1. The van der Waals surface area contributed by atoms with Crippen LogP contribution < -0.4 is 4.74 Å². The van der Waals surface area contributed by atoms with Crippen LogP contribution in [0.5, 0.6) is 5.75 Å². The van der Waals surface area contributed by atoms with Gasteiger partial charge in [-0.1, -0.05) is 0 Å². The molecule has 0 spiro atoms. The fourth-order valence-electron chi connectivity index (χ4n) is 2.90. The van der Waals surface area contributed by atoms with E-state index in [9.17, 15) is 4.79 Å². The molecule has 2 heterocycles. The summed E-state index contributed by atoms with van der Waals surface area (Å²) in [5.41, 5.74) is 1.98. The van der Waals surface area contributed by atoms with E-state index >= 15 is 0 Å². The lowest BCUT2D eigenvalue weighted by Crippen LogP contribution is -2.48. The van der Waals surface area contributed by atoms with Crippen molar-refractivity contribution in [2.75, 3.05) is 32.8 Å². The Morgan fingerprint density at radius 1 is 1.04 bits per heavy atom. The third kappa shape index (κ3) is 5.18. The second-order valence-corrected chi connectivity index (χ2v) is 5.88. The average molecular weight is 362 g/mol. The van der Waals surface area contributed by atoms with Crippen LogP contribution in [0, 0.1) is 0 Å². The number of nitrogens with zero attached hydrogens (tertiary/aromatic N) is 3. The van der Waals surface area contributed by atoms with Gasteiger partial charge in [0.1, 0.15) is 5.75 Å². The Hall–Kier alpha value is -2.11. The molecule has 1 aromatic heterocycles. The maximum Gasteiger partial charge on any atom is 0.253 e. The van der Waals surface area contributed by atoms with Gasteiger partial charge in [-0.3, -0.25) is 14.7 Å². The standard InChI is InChI=1S/C19H23N3O2.ClH/c1-2-24-18-5-3-17(4-6-18)19(23)22-13-11-21(12-14-22)15-16-7-9-20-10-8-16;/h3-10H,2,11-15H2,1H3;1H. The minimum absolute atomic E-state index is 0. The number of hydrogen-bond acceptors (Lipinski definition) is 4. The molecule has 0 N–H and O–H groups in total. The normalized spacial score (nSPS) is 14.7. The van der Waals surface area contributed by atoms with E-state index in [4.69, 9.17) is 4.74 Å². The Balaban J connectivity index is 0.00000225. The highest BCUT2D eigenvalue weighted by molar-refractivity contribution is 5.94. The molecule has 25 heavy (non-hydrogen) atoms. The number of rotatable bonds is 5. The molecule has 0 aliphatic carbocycles. The first-order chi connectivity index (χ1) is 11.8. The van der Waals surface area contributed by atoms with E-state index in [1.54, 1.807) is 0 Å². The Morgan fingerprint density at radius 2 is 1.68 bits per heavy atom. The average Bonchev–Trinajstić information content (AvgIpc) is 2.64. The number of carbonyl (C=O) groups excluding carboxylic acids is 1. The van der Waals surface area contributed by atoms with E-state index in [-0.39, 0.29) is 18.3 Å². The van der Waals surface area contributed by atoms with E-state index in [1.807, 2.05) is 60.6 Å². The molecule has 0 radical (unpaired) electrons. The number of halogens is 1. The Labute approximate surface area is 155 Å². The molecule has 134 valence electrons. The number of piperazine rings is 1. The molecule has 1 saturated heterocycles. The summed E-state index contributed by atoms with van der Waals surface area (Å²) in [6.45, 7) is 6.80. The molecule has 1 aromatic carbocycles. The molecule has 3 rings (SSSR count). The summed E-state index contributed by atoms with van der Waals surface area (Å²) in [5.74, 6) is 0.901. The minimum atomic E-state index is 0. The number of hydrogen-bond donors (Lipinski definition) is 0. The van der Waals surface area contributed by atoms with Gasteiger partial charge in [-0.25, -0.2) is 0 Å². The SMILES string of the molecule is CCOc1ccc(C(=O)N2CCN(Cc3ccncc3)CC2)cc1.Cl. The molecule has 5 nitrogen and oxygen atoms in total. The summed E-state index contributed by atoms with van der Waals surface area (Å²) in [4.78, 5) is 20.9. The van der Waals surface area contributed by atoms with Gasteiger partial charge in [0.15, 0.2) is 0 Å². The van der Waals surface area contributed by atoms with Crippen molar-refractivity contribution in [2.45, 2.75) is 13.5 Å². The van der Waals surface area contributed by atoms with Crippen LogP contribution >= 0.6 is 12.4 Å². The molecular weight excluding hydrogens is 338 g/mol. The molecule has 0 atom stereocenters. The van der Waals surface area contributed by atoms with E-state index < -0.39 is 0 Å². The summed E-state index contributed by atoms with van der Waals surface area (Å²) in [7, 11) is 0.